The lowest BCUT2D eigenvalue weighted by Crippen LogP contribution is -2.75. The van der Waals surface area contributed by atoms with Crippen LogP contribution in [-0.2, 0) is 42.9 Å². The number of aliphatic hydroxyl groups is 1. The fourth-order valence-corrected chi connectivity index (χ4v) is 11.2. The maximum Gasteiger partial charge on any atom is 0.316 e. The molecule has 2 aliphatic heterocycles. The van der Waals surface area contributed by atoms with Gasteiger partial charge in [-0.25, -0.2) is 0 Å². The molecule has 0 unspecified atom stereocenters. The summed E-state index contributed by atoms with van der Waals surface area (Å²) in [7, 11) is 1.31. The SMILES string of the molecule is COC(=O)[C@@]12[C@@H]3O[C@@]4(C=C(C)[C@@]1(C)[C@@H](OC(C)=O)[C@@]3(C)O)[C@]2(C)C[C@@H]1OC(=O)[C@]42CC[C@H](OC(C)=O)C(C)(C)[C@@H]12. The van der Waals surface area contributed by atoms with Crippen molar-refractivity contribution in [2.75, 3.05) is 7.11 Å². The molecular formula is C30H40O10. The number of ether oxygens (including phenoxy) is 5. The smallest absolute Gasteiger partial charge is 0.316 e. The van der Waals surface area contributed by atoms with Gasteiger partial charge in [0.15, 0.2) is 0 Å². The van der Waals surface area contributed by atoms with Gasteiger partial charge in [-0.1, -0.05) is 39.3 Å². The number of hydrogen-bond donors (Lipinski definition) is 1. The second kappa shape index (κ2) is 7.48. The Balaban J connectivity index is 1.67. The first-order valence-electron chi connectivity index (χ1n) is 14.1. The maximum atomic E-state index is 14.3. The number of carbonyl (C=O) groups is 4. The number of hydrogen-bond acceptors (Lipinski definition) is 10. The van der Waals surface area contributed by atoms with Gasteiger partial charge in [0.2, 0.25) is 0 Å². The van der Waals surface area contributed by atoms with Gasteiger partial charge < -0.3 is 28.8 Å². The van der Waals surface area contributed by atoms with Crippen LogP contribution in [0.1, 0.15) is 74.7 Å². The van der Waals surface area contributed by atoms with Crippen LogP contribution in [0.5, 0.6) is 0 Å². The van der Waals surface area contributed by atoms with Gasteiger partial charge in [-0.2, -0.15) is 0 Å². The second-order valence-electron chi connectivity index (χ2n) is 14.2. The summed E-state index contributed by atoms with van der Waals surface area (Å²) in [6, 6.07) is 0. The molecule has 0 aromatic heterocycles. The molecule has 4 bridgehead atoms. The first-order chi connectivity index (χ1) is 18.4. The van der Waals surface area contributed by atoms with Gasteiger partial charge in [-0.05, 0) is 33.1 Å². The van der Waals surface area contributed by atoms with Crippen LogP contribution in [0.4, 0.5) is 0 Å². The molecule has 220 valence electrons. The summed E-state index contributed by atoms with van der Waals surface area (Å²) < 4.78 is 30.4. The molecule has 10 nitrogen and oxygen atoms in total. The van der Waals surface area contributed by atoms with Crippen LogP contribution in [-0.4, -0.2) is 71.7 Å². The van der Waals surface area contributed by atoms with E-state index in [0.29, 0.717) is 18.4 Å². The fraction of sp³-hybridized carbons (Fsp3) is 0.800. The molecule has 0 aromatic carbocycles. The standard InChI is InChI=1S/C30H40O10/c1-14-12-29-25(6,13-17-19-24(4,5)18(37-15(2)31)10-11-28(19,29)22(33)39-17)30(23(34)36-9)21(40-29)27(8,35)20(26(14,30)7)38-16(3)32/h12,17-21,35H,10-11,13H2,1-9H3/t17-,18-,19+,20+,21+,25-,26-,27+,28+,29-,30+/m0/s1. The molecule has 2 heterocycles. The van der Waals surface area contributed by atoms with E-state index in [1.165, 1.54) is 27.9 Å². The van der Waals surface area contributed by atoms with E-state index in [4.69, 9.17) is 23.7 Å². The van der Waals surface area contributed by atoms with E-state index < -0.39 is 86.5 Å². The Morgan fingerprint density at radius 2 is 1.68 bits per heavy atom. The minimum absolute atomic E-state index is 0.245. The highest BCUT2D eigenvalue weighted by molar-refractivity contribution is 5.89. The number of esters is 4. The van der Waals surface area contributed by atoms with Gasteiger partial charge in [0.05, 0.1) is 7.11 Å². The predicted octanol–water partition coefficient (Wildman–Crippen LogP) is 2.64. The highest BCUT2D eigenvalue weighted by Crippen LogP contribution is 2.86. The molecular weight excluding hydrogens is 520 g/mol. The van der Waals surface area contributed by atoms with Crippen LogP contribution in [0.25, 0.3) is 0 Å². The average Bonchev–Trinajstić information content (AvgIpc) is 3.26. The number of carbonyl (C=O) groups excluding carboxylic acids is 4. The summed E-state index contributed by atoms with van der Waals surface area (Å²) in [5.41, 5.74) is -8.18. The van der Waals surface area contributed by atoms with Crippen molar-refractivity contribution in [1.29, 1.82) is 0 Å². The fourth-order valence-electron chi connectivity index (χ4n) is 11.2. The lowest BCUT2D eigenvalue weighted by molar-refractivity contribution is -0.258. The Bertz CT molecular complexity index is 1280. The zero-order chi connectivity index (χ0) is 29.6. The van der Waals surface area contributed by atoms with Crippen LogP contribution in [0.3, 0.4) is 0 Å². The van der Waals surface area contributed by atoms with Gasteiger partial charge in [0.25, 0.3) is 0 Å². The summed E-state index contributed by atoms with van der Waals surface area (Å²) in [4.78, 5) is 53.0. The van der Waals surface area contributed by atoms with Gasteiger partial charge in [-0.3, -0.25) is 19.2 Å². The van der Waals surface area contributed by atoms with E-state index in [-0.39, 0.29) is 12.4 Å². The Kier molecular flexibility index (Phi) is 5.18. The molecule has 0 aromatic rings. The van der Waals surface area contributed by atoms with E-state index in [1.54, 1.807) is 0 Å². The number of methoxy groups -OCH3 is 1. The molecule has 2 saturated heterocycles. The quantitative estimate of drug-likeness (QED) is 0.312. The van der Waals surface area contributed by atoms with Crippen LogP contribution in [0.15, 0.2) is 11.6 Å². The van der Waals surface area contributed by atoms with Gasteiger partial charge in [0.1, 0.15) is 46.4 Å². The summed E-state index contributed by atoms with van der Waals surface area (Å²) >= 11 is 0. The lowest BCUT2D eigenvalue weighted by Gasteiger charge is -2.67. The largest absolute Gasteiger partial charge is 0.468 e. The van der Waals surface area contributed by atoms with Crippen molar-refractivity contribution in [3.05, 3.63) is 11.6 Å². The molecule has 6 rings (SSSR count). The zero-order valence-corrected chi connectivity index (χ0v) is 24.7. The molecule has 10 heteroatoms. The van der Waals surface area contributed by atoms with E-state index in [1.807, 2.05) is 40.7 Å². The first-order valence-corrected chi connectivity index (χ1v) is 14.1. The Hall–Kier alpha value is -2.46. The predicted molar refractivity (Wildman–Crippen MR) is 137 cm³/mol. The molecule has 6 aliphatic rings. The maximum absolute atomic E-state index is 14.3. The molecule has 3 saturated carbocycles. The van der Waals surface area contributed by atoms with Gasteiger partial charge in [-0.15, -0.1) is 0 Å². The molecule has 40 heavy (non-hydrogen) atoms. The monoisotopic (exact) mass is 560 g/mol. The van der Waals surface area contributed by atoms with Crippen LogP contribution >= 0.6 is 0 Å². The summed E-state index contributed by atoms with van der Waals surface area (Å²) in [5, 5.41) is 12.2. The Labute approximate surface area is 234 Å². The Morgan fingerprint density at radius 3 is 2.25 bits per heavy atom. The van der Waals surface area contributed by atoms with Crippen molar-refractivity contribution >= 4 is 23.9 Å². The minimum Gasteiger partial charge on any atom is -0.468 e. The van der Waals surface area contributed by atoms with E-state index in [0.717, 1.165) is 0 Å². The van der Waals surface area contributed by atoms with Crippen LogP contribution < -0.4 is 0 Å². The van der Waals surface area contributed by atoms with E-state index >= 15 is 0 Å². The summed E-state index contributed by atoms with van der Waals surface area (Å²) in [6.45, 7) is 13.8. The normalized spacial score (nSPS) is 52.6. The van der Waals surface area contributed by atoms with Gasteiger partial charge in [0, 0.05) is 36.0 Å². The van der Waals surface area contributed by atoms with Crippen LogP contribution in [0, 0.1) is 33.0 Å². The molecule has 11 atom stereocenters. The second-order valence-corrected chi connectivity index (χ2v) is 14.2. The van der Waals surface area contributed by atoms with Crippen molar-refractivity contribution in [2.24, 2.45) is 33.0 Å². The summed E-state index contributed by atoms with van der Waals surface area (Å²) in [5.74, 6) is -2.35. The van der Waals surface area contributed by atoms with E-state index in [2.05, 4.69) is 0 Å². The topological polar surface area (TPSA) is 135 Å². The van der Waals surface area contributed by atoms with Crippen molar-refractivity contribution < 1.29 is 48.0 Å². The Morgan fingerprint density at radius 1 is 1.05 bits per heavy atom. The third-order valence-corrected chi connectivity index (χ3v) is 12.4. The molecule has 0 amide bonds. The van der Waals surface area contributed by atoms with Crippen molar-refractivity contribution in [3.63, 3.8) is 0 Å². The van der Waals surface area contributed by atoms with Crippen molar-refractivity contribution in [1.82, 2.24) is 0 Å². The third kappa shape index (κ3) is 2.41. The lowest BCUT2D eigenvalue weighted by atomic mass is 9.33. The molecule has 0 radical (unpaired) electrons. The van der Waals surface area contributed by atoms with Crippen molar-refractivity contribution in [3.8, 4) is 0 Å². The molecule has 5 fully saturated rings. The van der Waals surface area contributed by atoms with Crippen LogP contribution in [0.2, 0.25) is 0 Å². The molecule has 4 aliphatic carbocycles. The van der Waals surface area contributed by atoms with Crippen molar-refractivity contribution in [2.45, 2.75) is 110 Å². The highest BCUT2D eigenvalue weighted by Gasteiger charge is 2.97. The van der Waals surface area contributed by atoms with E-state index in [9.17, 15) is 24.3 Å². The number of rotatable bonds is 3. The average molecular weight is 561 g/mol. The minimum atomic E-state index is -1.79. The van der Waals surface area contributed by atoms with Gasteiger partial charge >= 0.3 is 23.9 Å². The molecule has 1 N–H and O–H groups in total. The highest BCUT2D eigenvalue weighted by atomic mass is 16.6. The molecule has 0 spiro atoms. The first kappa shape index (κ1) is 27.7. The third-order valence-electron chi connectivity index (χ3n) is 12.4. The zero-order valence-electron chi connectivity index (χ0n) is 24.7. The summed E-state index contributed by atoms with van der Waals surface area (Å²) in [6.07, 6.45) is -0.399.